The van der Waals surface area contributed by atoms with Gasteiger partial charge in [0.1, 0.15) is 5.75 Å². The van der Waals surface area contributed by atoms with E-state index in [1.54, 1.807) is 6.07 Å². The third kappa shape index (κ3) is 4.53. The second-order valence-corrected chi connectivity index (χ2v) is 7.64. The summed E-state index contributed by atoms with van der Waals surface area (Å²) in [6, 6.07) is 19.2. The molecule has 0 spiro atoms. The number of amides is 1. The number of hydrazone groups is 1. The van der Waals surface area contributed by atoms with Gasteiger partial charge in [-0.1, -0.05) is 75.4 Å². The van der Waals surface area contributed by atoms with Gasteiger partial charge in [0.25, 0.3) is 0 Å². The molecule has 138 valence electrons. The lowest BCUT2D eigenvalue weighted by atomic mass is 9.86. The Balaban J connectivity index is 1.67. The van der Waals surface area contributed by atoms with Crippen LogP contribution in [0.2, 0.25) is 0 Å². The summed E-state index contributed by atoms with van der Waals surface area (Å²) in [6.07, 6.45) is 1.74. The molecular weight excluding hydrogens is 336 g/mol. The molecule has 27 heavy (non-hydrogen) atoms. The van der Waals surface area contributed by atoms with Crippen LogP contribution in [0.3, 0.4) is 0 Å². The summed E-state index contributed by atoms with van der Waals surface area (Å²) < 4.78 is 0. The number of nitrogens with one attached hydrogen (secondary N) is 1. The van der Waals surface area contributed by atoms with Gasteiger partial charge in [0, 0.05) is 5.56 Å². The summed E-state index contributed by atoms with van der Waals surface area (Å²) in [5.74, 6) is -0.0704. The summed E-state index contributed by atoms with van der Waals surface area (Å²) in [4.78, 5) is 12.1. The third-order valence-corrected chi connectivity index (χ3v) is 4.52. The Kier molecular flexibility index (Phi) is 5.26. The van der Waals surface area contributed by atoms with E-state index in [1.165, 1.54) is 11.8 Å². The van der Waals surface area contributed by atoms with Gasteiger partial charge < -0.3 is 5.11 Å². The van der Waals surface area contributed by atoms with E-state index >= 15 is 0 Å². The second kappa shape index (κ2) is 7.62. The molecule has 0 aliphatic rings. The van der Waals surface area contributed by atoms with Gasteiger partial charge in [0.05, 0.1) is 12.6 Å². The average molecular weight is 360 g/mol. The molecule has 3 aromatic carbocycles. The van der Waals surface area contributed by atoms with E-state index < -0.39 is 0 Å². The van der Waals surface area contributed by atoms with Crippen molar-refractivity contribution in [2.45, 2.75) is 32.6 Å². The number of nitrogens with zero attached hydrogens (tertiary/aromatic N) is 1. The molecule has 0 atom stereocenters. The Bertz CT molecular complexity index is 983. The molecule has 3 rings (SSSR count). The van der Waals surface area contributed by atoms with Gasteiger partial charge in [0.2, 0.25) is 5.91 Å². The minimum absolute atomic E-state index is 0.0888. The number of aromatic hydroxyl groups is 1. The molecule has 0 fully saturated rings. The van der Waals surface area contributed by atoms with Crippen molar-refractivity contribution in [2.75, 3.05) is 0 Å². The maximum atomic E-state index is 12.1. The van der Waals surface area contributed by atoms with Gasteiger partial charge >= 0.3 is 0 Å². The van der Waals surface area contributed by atoms with Crippen LogP contribution in [0, 0.1) is 0 Å². The van der Waals surface area contributed by atoms with E-state index in [9.17, 15) is 9.90 Å². The first-order valence-corrected chi connectivity index (χ1v) is 8.96. The second-order valence-electron chi connectivity index (χ2n) is 7.64. The van der Waals surface area contributed by atoms with Gasteiger partial charge in [-0.05, 0) is 33.4 Å². The quantitative estimate of drug-likeness (QED) is 0.530. The number of phenolic OH excluding ortho intramolecular Hbond substituents is 1. The van der Waals surface area contributed by atoms with Crippen LogP contribution in [0.4, 0.5) is 0 Å². The number of hydrogen-bond donors (Lipinski definition) is 2. The fourth-order valence-electron chi connectivity index (χ4n) is 2.94. The first-order valence-electron chi connectivity index (χ1n) is 8.96. The monoisotopic (exact) mass is 360 g/mol. The van der Waals surface area contributed by atoms with Crippen molar-refractivity contribution in [1.82, 2.24) is 5.43 Å². The molecule has 0 aromatic heterocycles. The molecule has 4 nitrogen and oxygen atoms in total. The Labute approximate surface area is 159 Å². The van der Waals surface area contributed by atoms with Crippen LogP contribution in [0.1, 0.15) is 37.5 Å². The van der Waals surface area contributed by atoms with Crippen LogP contribution in [-0.4, -0.2) is 17.2 Å². The highest BCUT2D eigenvalue weighted by atomic mass is 16.3. The van der Waals surface area contributed by atoms with E-state index in [4.69, 9.17) is 0 Å². The summed E-state index contributed by atoms with van der Waals surface area (Å²) in [5.41, 5.74) is 5.38. The summed E-state index contributed by atoms with van der Waals surface area (Å²) in [6.45, 7) is 6.48. The van der Waals surface area contributed by atoms with Crippen LogP contribution >= 0.6 is 0 Å². The number of hydrogen-bond acceptors (Lipinski definition) is 3. The van der Waals surface area contributed by atoms with Gasteiger partial charge in [-0.15, -0.1) is 0 Å². The van der Waals surface area contributed by atoms with Crippen LogP contribution in [0.15, 0.2) is 65.8 Å². The molecule has 0 aliphatic carbocycles. The van der Waals surface area contributed by atoms with Gasteiger partial charge in [-0.2, -0.15) is 5.10 Å². The maximum absolute atomic E-state index is 12.1. The molecule has 0 unspecified atom stereocenters. The lowest BCUT2D eigenvalue weighted by Crippen LogP contribution is -2.20. The highest BCUT2D eigenvalue weighted by molar-refractivity contribution is 6.02. The van der Waals surface area contributed by atoms with Crippen molar-refractivity contribution in [3.63, 3.8) is 0 Å². The average Bonchev–Trinajstić information content (AvgIpc) is 2.63. The van der Waals surface area contributed by atoms with Crippen LogP contribution in [-0.2, 0) is 16.6 Å². The minimum atomic E-state index is -0.200. The number of carbonyl (C=O) groups is 1. The van der Waals surface area contributed by atoms with E-state index in [2.05, 4.69) is 43.4 Å². The molecule has 3 aromatic rings. The summed E-state index contributed by atoms with van der Waals surface area (Å²) in [5, 5.41) is 16.0. The SMILES string of the molecule is CC(C)(C)c1ccc(CC(=O)N/N=C\c2c(O)ccc3ccccc23)cc1. The van der Waals surface area contributed by atoms with Crippen LogP contribution in [0.25, 0.3) is 10.8 Å². The Hall–Kier alpha value is -3.14. The molecule has 1 amide bonds. The zero-order valence-electron chi connectivity index (χ0n) is 15.9. The molecule has 2 N–H and O–H groups in total. The van der Waals surface area contributed by atoms with Crippen molar-refractivity contribution < 1.29 is 9.90 Å². The van der Waals surface area contributed by atoms with Crippen LogP contribution in [0.5, 0.6) is 5.75 Å². The Morgan fingerprint density at radius 1 is 1.04 bits per heavy atom. The largest absolute Gasteiger partial charge is 0.507 e. The number of phenols is 1. The lowest BCUT2D eigenvalue weighted by molar-refractivity contribution is -0.120. The molecule has 0 saturated carbocycles. The standard InChI is InChI=1S/C23H24N2O2/c1-23(2,3)18-11-8-16(9-12-18)14-22(27)25-24-15-20-19-7-5-4-6-17(19)10-13-21(20)26/h4-13,15,26H,14H2,1-3H3,(H,25,27)/b24-15-. The highest BCUT2D eigenvalue weighted by Gasteiger charge is 2.13. The normalized spacial score (nSPS) is 11.8. The number of carbonyl (C=O) groups excluding carboxylic acids is 1. The molecule has 0 radical (unpaired) electrons. The first kappa shape index (κ1) is 18.6. The predicted molar refractivity (Wildman–Crippen MR) is 110 cm³/mol. The van der Waals surface area contributed by atoms with E-state index in [0.717, 1.165) is 16.3 Å². The van der Waals surface area contributed by atoms with Crippen molar-refractivity contribution in [3.05, 3.63) is 77.4 Å². The van der Waals surface area contributed by atoms with Gasteiger partial charge in [-0.25, -0.2) is 5.43 Å². The predicted octanol–water partition coefficient (Wildman–Crippen LogP) is 4.54. The van der Waals surface area contributed by atoms with Crippen LogP contribution < -0.4 is 5.43 Å². The van der Waals surface area contributed by atoms with Crippen molar-refractivity contribution in [2.24, 2.45) is 5.10 Å². The lowest BCUT2D eigenvalue weighted by Gasteiger charge is -2.19. The fourth-order valence-corrected chi connectivity index (χ4v) is 2.94. The van der Waals surface area contributed by atoms with Crippen molar-refractivity contribution in [3.8, 4) is 5.75 Å². The highest BCUT2D eigenvalue weighted by Crippen LogP contribution is 2.25. The number of rotatable bonds is 4. The maximum Gasteiger partial charge on any atom is 0.244 e. The molecule has 0 aliphatic heterocycles. The van der Waals surface area contributed by atoms with Gasteiger partial charge in [-0.3, -0.25) is 4.79 Å². The third-order valence-electron chi connectivity index (χ3n) is 4.52. The molecule has 0 saturated heterocycles. The summed E-state index contributed by atoms with van der Waals surface area (Å²) >= 11 is 0. The first-order chi connectivity index (χ1) is 12.8. The minimum Gasteiger partial charge on any atom is -0.507 e. The Morgan fingerprint density at radius 3 is 2.44 bits per heavy atom. The molecule has 0 heterocycles. The smallest absolute Gasteiger partial charge is 0.244 e. The van der Waals surface area contributed by atoms with Gasteiger partial charge in [0.15, 0.2) is 0 Å². The Morgan fingerprint density at radius 2 is 1.74 bits per heavy atom. The van der Waals surface area contributed by atoms with E-state index in [-0.39, 0.29) is 23.5 Å². The number of benzene rings is 3. The fraction of sp³-hybridized carbons (Fsp3) is 0.217. The van der Waals surface area contributed by atoms with Crippen molar-refractivity contribution in [1.29, 1.82) is 0 Å². The van der Waals surface area contributed by atoms with E-state index in [0.29, 0.717) is 5.56 Å². The zero-order chi connectivity index (χ0) is 19.4. The van der Waals surface area contributed by atoms with E-state index in [1.807, 2.05) is 42.5 Å². The topological polar surface area (TPSA) is 61.7 Å². The summed E-state index contributed by atoms with van der Waals surface area (Å²) in [7, 11) is 0. The number of fused-ring (bicyclic) bond motifs is 1. The molecular formula is C23H24N2O2. The molecule has 4 heteroatoms. The molecule has 0 bridgehead atoms. The van der Waals surface area contributed by atoms with Crippen molar-refractivity contribution >= 4 is 22.9 Å². The zero-order valence-corrected chi connectivity index (χ0v) is 15.9.